The first-order chi connectivity index (χ1) is 12.6. The maximum absolute atomic E-state index is 12.3. The van der Waals surface area contributed by atoms with E-state index in [9.17, 15) is 4.79 Å². The van der Waals surface area contributed by atoms with Crippen molar-refractivity contribution < 1.29 is 14.3 Å². The topological polar surface area (TPSA) is 73.3 Å². The minimum atomic E-state index is -0.733. The normalized spacial score (nSPS) is 11.7. The van der Waals surface area contributed by atoms with Gasteiger partial charge in [-0.1, -0.05) is 23.7 Å². The zero-order chi connectivity index (χ0) is 18.5. The van der Waals surface area contributed by atoms with E-state index in [1.54, 1.807) is 38.3 Å². The van der Waals surface area contributed by atoms with Crippen LogP contribution in [0.1, 0.15) is 6.92 Å². The van der Waals surface area contributed by atoms with Gasteiger partial charge in [0.2, 0.25) is 5.13 Å². The van der Waals surface area contributed by atoms with Crippen LogP contribution in [0.4, 0.5) is 5.13 Å². The largest absolute Gasteiger partial charge is 0.497 e. The Morgan fingerprint density at radius 3 is 2.62 bits per heavy atom. The molecule has 0 saturated carbocycles. The number of methoxy groups -OCH3 is 1. The Morgan fingerprint density at radius 2 is 1.92 bits per heavy atom. The van der Waals surface area contributed by atoms with Crippen molar-refractivity contribution in [1.29, 1.82) is 0 Å². The third-order valence-electron chi connectivity index (χ3n) is 3.51. The molecule has 1 heterocycles. The predicted molar refractivity (Wildman–Crippen MR) is 102 cm³/mol. The van der Waals surface area contributed by atoms with E-state index in [4.69, 9.17) is 21.1 Å². The zero-order valence-corrected chi connectivity index (χ0v) is 15.7. The maximum atomic E-state index is 12.3. The summed E-state index contributed by atoms with van der Waals surface area (Å²) in [5, 5.41) is 3.55. The minimum Gasteiger partial charge on any atom is -0.497 e. The number of carbonyl (C=O) groups excluding carboxylic acids is 1. The molecule has 1 unspecified atom stereocenters. The van der Waals surface area contributed by atoms with Crippen LogP contribution in [0.25, 0.3) is 11.4 Å². The fourth-order valence-corrected chi connectivity index (χ4v) is 2.90. The van der Waals surface area contributed by atoms with Crippen LogP contribution in [0.2, 0.25) is 5.02 Å². The summed E-state index contributed by atoms with van der Waals surface area (Å²) in [5.41, 5.74) is 0.836. The van der Waals surface area contributed by atoms with Gasteiger partial charge in [-0.2, -0.15) is 9.36 Å². The highest BCUT2D eigenvalue weighted by molar-refractivity contribution is 7.10. The number of aromatic nitrogens is 2. The molecule has 134 valence electrons. The van der Waals surface area contributed by atoms with Gasteiger partial charge in [-0.05, 0) is 43.3 Å². The number of hydrogen-bond donors (Lipinski definition) is 1. The van der Waals surface area contributed by atoms with Crippen LogP contribution in [0.15, 0.2) is 48.5 Å². The third kappa shape index (κ3) is 4.30. The summed E-state index contributed by atoms with van der Waals surface area (Å²) in [7, 11) is 1.61. The number of hydrogen-bond acceptors (Lipinski definition) is 6. The van der Waals surface area contributed by atoms with Gasteiger partial charge < -0.3 is 9.47 Å². The lowest BCUT2D eigenvalue weighted by Gasteiger charge is -2.14. The van der Waals surface area contributed by atoms with Gasteiger partial charge in [-0.3, -0.25) is 10.1 Å². The average molecular weight is 390 g/mol. The lowest BCUT2D eigenvalue weighted by Crippen LogP contribution is -2.30. The molecular weight excluding hydrogens is 374 g/mol. The Labute approximate surface area is 159 Å². The van der Waals surface area contributed by atoms with E-state index in [0.717, 1.165) is 22.8 Å². The number of anilines is 1. The van der Waals surface area contributed by atoms with Crippen LogP contribution in [0, 0.1) is 0 Å². The molecule has 0 aliphatic heterocycles. The molecule has 0 saturated heterocycles. The van der Waals surface area contributed by atoms with E-state index in [2.05, 4.69) is 14.7 Å². The summed E-state index contributed by atoms with van der Waals surface area (Å²) in [6.45, 7) is 1.64. The van der Waals surface area contributed by atoms with E-state index in [-0.39, 0.29) is 5.91 Å². The number of benzene rings is 2. The van der Waals surface area contributed by atoms with Crippen molar-refractivity contribution in [2.45, 2.75) is 13.0 Å². The van der Waals surface area contributed by atoms with E-state index < -0.39 is 6.10 Å². The van der Waals surface area contributed by atoms with Gasteiger partial charge in [0.1, 0.15) is 11.5 Å². The van der Waals surface area contributed by atoms with Crippen LogP contribution >= 0.6 is 23.1 Å². The summed E-state index contributed by atoms with van der Waals surface area (Å²) in [6.07, 6.45) is -0.733. The van der Waals surface area contributed by atoms with Crippen molar-refractivity contribution in [3.05, 3.63) is 53.6 Å². The molecule has 26 heavy (non-hydrogen) atoms. The first kappa shape index (κ1) is 18.2. The second-order valence-corrected chi connectivity index (χ2v) is 6.49. The van der Waals surface area contributed by atoms with Gasteiger partial charge in [-0.25, -0.2) is 0 Å². The van der Waals surface area contributed by atoms with Gasteiger partial charge in [0.15, 0.2) is 11.9 Å². The first-order valence-electron chi connectivity index (χ1n) is 7.77. The molecule has 3 aromatic rings. The number of rotatable bonds is 6. The van der Waals surface area contributed by atoms with Gasteiger partial charge in [-0.15, -0.1) is 0 Å². The second kappa shape index (κ2) is 8.16. The molecule has 1 aromatic heterocycles. The molecule has 0 spiro atoms. The molecule has 2 aromatic carbocycles. The standard InChI is InChI=1S/C18H16ClN3O3S/c1-11(25-15-6-4-3-5-14(15)19)17(23)21-18-20-16(22-26-18)12-7-9-13(24-2)10-8-12/h3-11H,1-2H3,(H,20,21,22,23). The van der Waals surface area contributed by atoms with E-state index in [1.165, 1.54) is 0 Å². The van der Waals surface area contributed by atoms with Crippen molar-refractivity contribution in [3.8, 4) is 22.9 Å². The van der Waals surface area contributed by atoms with Gasteiger partial charge in [0.25, 0.3) is 5.91 Å². The quantitative estimate of drug-likeness (QED) is 0.681. The number of halogens is 1. The Morgan fingerprint density at radius 1 is 1.19 bits per heavy atom. The number of amides is 1. The van der Waals surface area contributed by atoms with Crippen molar-refractivity contribution in [2.24, 2.45) is 0 Å². The van der Waals surface area contributed by atoms with Gasteiger partial charge in [0, 0.05) is 17.1 Å². The highest BCUT2D eigenvalue weighted by Crippen LogP contribution is 2.25. The average Bonchev–Trinajstić information content (AvgIpc) is 3.12. The van der Waals surface area contributed by atoms with Crippen LogP contribution in [0.3, 0.4) is 0 Å². The summed E-state index contributed by atoms with van der Waals surface area (Å²) in [5.74, 6) is 1.41. The van der Waals surface area contributed by atoms with Gasteiger partial charge >= 0.3 is 0 Å². The molecular formula is C18H16ClN3O3S. The number of carbonyl (C=O) groups is 1. The zero-order valence-electron chi connectivity index (χ0n) is 14.1. The lowest BCUT2D eigenvalue weighted by atomic mass is 10.2. The fraction of sp³-hybridized carbons (Fsp3) is 0.167. The number of ether oxygens (including phenoxy) is 2. The van der Waals surface area contributed by atoms with Crippen molar-refractivity contribution in [2.75, 3.05) is 12.4 Å². The summed E-state index contributed by atoms with van der Waals surface area (Å²) >= 11 is 7.14. The Hall–Kier alpha value is -2.64. The first-order valence-corrected chi connectivity index (χ1v) is 8.92. The summed E-state index contributed by atoms with van der Waals surface area (Å²) < 4.78 is 15.0. The summed E-state index contributed by atoms with van der Waals surface area (Å²) in [6, 6.07) is 14.4. The number of para-hydroxylation sites is 1. The molecule has 0 aliphatic rings. The second-order valence-electron chi connectivity index (χ2n) is 5.33. The van der Waals surface area contributed by atoms with Crippen LogP contribution in [-0.2, 0) is 4.79 Å². The fourth-order valence-electron chi connectivity index (χ4n) is 2.12. The highest BCUT2D eigenvalue weighted by Gasteiger charge is 2.18. The maximum Gasteiger partial charge on any atom is 0.266 e. The van der Waals surface area contributed by atoms with Gasteiger partial charge in [0.05, 0.1) is 12.1 Å². The van der Waals surface area contributed by atoms with E-state index >= 15 is 0 Å². The summed E-state index contributed by atoms with van der Waals surface area (Å²) in [4.78, 5) is 16.6. The molecule has 0 radical (unpaired) electrons. The van der Waals surface area contributed by atoms with Crippen LogP contribution < -0.4 is 14.8 Å². The molecule has 1 atom stereocenters. The Bertz CT molecular complexity index is 899. The SMILES string of the molecule is COc1ccc(-c2nsc(NC(=O)C(C)Oc3ccccc3Cl)n2)cc1. The molecule has 0 bridgehead atoms. The monoisotopic (exact) mass is 389 g/mol. The van der Waals surface area contributed by atoms with Crippen molar-refractivity contribution >= 4 is 34.2 Å². The molecule has 3 rings (SSSR count). The van der Waals surface area contributed by atoms with Crippen LogP contribution in [0.5, 0.6) is 11.5 Å². The Kier molecular flexibility index (Phi) is 5.70. The third-order valence-corrected chi connectivity index (χ3v) is 4.46. The lowest BCUT2D eigenvalue weighted by molar-refractivity contribution is -0.122. The van der Waals surface area contributed by atoms with Crippen molar-refractivity contribution in [1.82, 2.24) is 9.36 Å². The van der Waals surface area contributed by atoms with Crippen molar-refractivity contribution in [3.63, 3.8) is 0 Å². The smallest absolute Gasteiger partial charge is 0.266 e. The molecule has 1 amide bonds. The molecule has 8 heteroatoms. The molecule has 6 nitrogen and oxygen atoms in total. The molecule has 0 fully saturated rings. The van der Waals surface area contributed by atoms with E-state index in [0.29, 0.717) is 21.7 Å². The molecule has 0 aliphatic carbocycles. The minimum absolute atomic E-state index is 0.331. The Balaban J connectivity index is 1.64. The molecule has 1 N–H and O–H groups in total. The number of nitrogens with one attached hydrogen (secondary N) is 1. The van der Waals surface area contributed by atoms with E-state index in [1.807, 2.05) is 24.3 Å². The number of nitrogens with zero attached hydrogens (tertiary/aromatic N) is 2. The highest BCUT2D eigenvalue weighted by atomic mass is 35.5. The van der Waals surface area contributed by atoms with Crippen LogP contribution in [-0.4, -0.2) is 28.5 Å². The predicted octanol–water partition coefficient (Wildman–Crippen LogP) is 4.27.